The molecule has 2 aromatic heterocycles. The lowest BCUT2D eigenvalue weighted by atomic mass is 10.2. The van der Waals surface area contributed by atoms with Gasteiger partial charge in [-0.1, -0.05) is 0 Å². The molecule has 0 atom stereocenters. The van der Waals surface area contributed by atoms with Gasteiger partial charge >= 0.3 is 6.18 Å². The van der Waals surface area contributed by atoms with Gasteiger partial charge in [0, 0.05) is 38.9 Å². The number of pyridine rings is 1. The molecule has 0 aromatic carbocycles. The molecule has 2 aromatic rings. The zero-order valence-corrected chi connectivity index (χ0v) is 11.7. The number of imidazole rings is 1. The highest BCUT2D eigenvalue weighted by atomic mass is 19.4. The molecule has 1 aliphatic rings. The van der Waals surface area contributed by atoms with Crippen LogP contribution in [0.3, 0.4) is 0 Å². The van der Waals surface area contributed by atoms with E-state index in [1.807, 2.05) is 6.92 Å². The number of hydrogen-bond acceptors (Lipinski definition) is 3. The molecule has 7 heteroatoms. The first-order chi connectivity index (χ1) is 9.95. The van der Waals surface area contributed by atoms with Crippen molar-refractivity contribution in [2.75, 3.05) is 26.2 Å². The second-order valence-electron chi connectivity index (χ2n) is 5.31. The van der Waals surface area contributed by atoms with Crippen LogP contribution in [0.2, 0.25) is 0 Å². The van der Waals surface area contributed by atoms with Crippen molar-refractivity contribution >= 4 is 5.65 Å². The number of alkyl halides is 3. The molecule has 3 heterocycles. The summed E-state index contributed by atoms with van der Waals surface area (Å²) >= 11 is 0. The molecule has 0 spiro atoms. The molecule has 4 nitrogen and oxygen atoms in total. The summed E-state index contributed by atoms with van der Waals surface area (Å²) in [5, 5.41) is 3.28. The Morgan fingerprint density at radius 2 is 2.00 bits per heavy atom. The lowest BCUT2D eigenvalue weighted by molar-refractivity contribution is -0.137. The average molecular weight is 298 g/mol. The SMILES string of the molecule is Cc1nc2cc(C(F)(F)F)ccn2c1CN1CCNCC1. The molecule has 3 rings (SSSR count). The maximum absolute atomic E-state index is 12.7. The summed E-state index contributed by atoms with van der Waals surface area (Å²) in [6.45, 7) is 6.31. The third-order valence-electron chi connectivity index (χ3n) is 3.84. The van der Waals surface area contributed by atoms with E-state index in [2.05, 4.69) is 15.2 Å². The van der Waals surface area contributed by atoms with E-state index in [1.165, 1.54) is 6.20 Å². The number of nitrogens with one attached hydrogen (secondary N) is 1. The fourth-order valence-electron chi connectivity index (χ4n) is 2.66. The van der Waals surface area contributed by atoms with Crippen LogP contribution < -0.4 is 5.32 Å². The smallest absolute Gasteiger partial charge is 0.314 e. The van der Waals surface area contributed by atoms with Gasteiger partial charge in [0.05, 0.1) is 17.0 Å². The number of piperazine rings is 1. The van der Waals surface area contributed by atoms with Crippen LogP contribution in [0.5, 0.6) is 0 Å². The molecule has 1 fully saturated rings. The molecule has 0 amide bonds. The Hall–Kier alpha value is -1.60. The lowest BCUT2D eigenvalue weighted by Crippen LogP contribution is -2.43. The Balaban J connectivity index is 1.93. The highest BCUT2D eigenvalue weighted by Gasteiger charge is 2.31. The van der Waals surface area contributed by atoms with Crippen molar-refractivity contribution in [3.8, 4) is 0 Å². The molecule has 114 valence electrons. The standard InChI is InChI=1S/C14H17F3N4/c1-10-12(9-20-6-3-18-4-7-20)21-5-2-11(14(15,16)17)8-13(21)19-10/h2,5,8,18H,3-4,6-7,9H2,1H3. The van der Waals surface area contributed by atoms with E-state index in [9.17, 15) is 13.2 Å². The molecule has 21 heavy (non-hydrogen) atoms. The maximum atomic E-state index is 12.7. The van der Waals surface area contributed by atoms with Crippen molar-refractivity contribution in [1.82, 2.24) is 19.6 Å². The minimum Gasteiger partial charge on any atom is -0.314 e. The summed E-state index contributed by atoms with van der Waals surface area (Å²) in [6, 6.07) is 2.21. The van der Waals surface area contributed by atoms with Crippen molar-refractivity contribution in [3.63, 3.8) is 0 Å². The fraction of sp³-hybridized carbons (Fsp3) is 0.500. The van der Waals surface area contributed by atoms with Crippen molar-refractivity contribution < 1.29 is 13.2 Å². The first-order valence-corrected chi connectivity index (χ1v) is 6.93. The Morgan fingerprint density at radius 3 is 2.67 bits per heavy atom. The number of hydrogen-bond donors (Lipinski definition) is 1. The van der Waals surface area contributed by atoms with Crippen LogP contribution in [0, 0.1) is 6.92 Å². The molecule has 1 N–H and O–H groups in total. The normalized spacial score (nSPS) is 17.5. The predicted molar refractivity (Wildman–Crippen MR) is 73.1 cm³/mol. The summed E-state index contributed by atoms with van der Waals surface area (Å²) in [7, 11) is 0. The Bertz CT molecular complexity index is 641. The predicted octanol–water partition coefficient (Wildman–Crippen LogP) is 2.07. The van der Waals surface area contributed by atoms with Crippen LogP contribution in [0.4, 0.5) is 13.2 Å². The van der Waals surface area contributed by atoms with Crippen LogP contribution in [0.25, 0.3) is 5.65 Å². The summed E-state index contributed by atoms with van der Waals surface area (Å²) in [5.74, 6) is 0. The van der Waals surface area contributed by atoms with Crippen LogP contribution in [0.1, 0.15) is 17.0 Å². The first-order valence-electron chi connectivity index (χ1n) is 6.93. The van der Waals surface area contributed by atoms with Gasteiger partial charge in [0.1, 0.15) is 5.65 Å². The van der Waals surface area contributed by atoms with E-state index in [-0.39, 0.29) is 0 Å². The Labute approximate surface area is 120 Å². The minimum atomic E-state index is -4.33. The second kappa shape index (κ2) is 5.31. The molecule has 0 bridgehead atoms. The molecule has 0 radical (unpaired) electrons. The summed E-state index contributed by atoms with van der Waals surface area (Å²) in [4.78, 5) is 6.56. The van der Waals surface area contributed by atoms with Gasteiger partial charge in [-0.3, -0.25) is 4.90 Å². The summed E-state index contributed by atoms with van der Waals surface area (Å²) in [5.41, 5.74) is 1.44. The van der Waals surface area contributed by atoms with Crippen molar-refractivity contribution in [2.45, 2.75) is 19.6 Å². The van der Waals surface area contributed by atoms with Crippen molar-refractivity contribution in [3.05, 3.63) is 35.3 Å². The van der Waals surface area contributed by atoms with E-state index < -0.39 is 11.7 Å². The number of nitrogens with zero attached hydrogens (tertiary/aromatic N) is 3. The highest BCUT2D eigenvalue weighted by molar-refractivity contribution is 5.46. The monoisotopic (exact) mass is 298 g/mol. The van der Waals surface area contributed by atoms with E-state index >= 15 is 0 Å². The van der Waals surface area contributed by atoms with Gasteiger partial charge in [0.2, 0.25) is 0 Å². The van der Waals surface area contributed by atoms with Crippen LogP contribution in [-0.4, -0.2) is 40.5 Å². The maximum Gasteiger partial charge on any atom is 0.416 e. The van der Waals surface area contributed by atoms with Gasteiger partial charge < -0.3 is 9.72 Å². The van der Waals surface area contributed by atoms with Crippen molar-refractivity contribution in [1.29, 1.82) is 0 Å². The Morgan fingerprint density at radius 1 is 1.29 bits per heavy atom. The minimum absolute atomic E-state index is 0.354. The summed E-state index contributed by atoms with van der Waals surface area (Å²) < 4.78 is 40.0. The third-order valence-corrected chi connectivity index (χ3v) is 3.84. The lowest BCUT2D eigenvalue weighted by Gasteiger charge is -2.27. The van der Waals surface area contributed by atoms with Gasteiger partial charge in [-0.25, -0.2) is 4.98 Å². The fourth-order valence-corrected chi connectivity index (χ4v) is 2.66. The topological polar surface area (TPSA) is 32.6 Å². The van der Waals surface area contributed by atoms with Gasteiger partial charge in [-0.2, -0.15) is 13.2 Å². The number of halogens is 3. The molecular weight excluding hydrogens is 281 g/mol. The van der Waals surface area contributed by atoms with Crippen LogP contribution in [-0.2, 0) is 12.7 Å². The zero-order chi connectivity index (χ0) is 15.0. The van der Waals surface area contributed by atoms with Gasteiger partial charge in [-0.15, -0.1) is 0 Å². The largest absolute Gasteiger partial charge is 0.416 e. The van der Waals surface area contributed by atoms with E-state index in [4.69, 9.17) is 0 Å². The molecule has 0 saturated carbocycles. The van der Waals surface area contributed by atoms with E-state index in [0.29, 0.717) is 12.2 Å². The zero-order valence-electron chi connectivity index (χ0n) is 11.7. The average Bonchev–Trinajstić information content (AvgIpc) is 2.75. The van der Waals surface area contributed by atoms with E-state index in [0.717, 1.165) is 49.7 Å². The Kier molecular flexibility index (Phi) is 3.62. The molecule has 1 saturated heterocycles. The number of fused-ring (bicyclic) bond motifs is 1. The third kappa shape index (κ3) is 2.89. The number of aryl methyl sites for hydroxylation is 1. The first kappa shape index (κ1) is 14.3. The van der Waals surface area contributed by atoms with Crippen molar-refractivity contribution in [2.24, 2.45) is 0 Å². The molecular formula is C14H17F3N4. The molecule has 1 aliphatic heterocycles. The van der Waals surface area contributed by atoms with E-state index in [1.54, 1.807) is 4.40 Å². The number of rotatable bonds is 2. The van der Waals surface area contributed by atoms with Gasteiger partial charge in [0.15, 0.2) is 0 Å². The van der Waals surface area contributed by atoms with Gasteiger partial charge in [0.25, 0.3) is 0 Å². The van der Waals surface area contributed by atoms with Gasteiger partial charge in [-0.05, 0) is 19.1 Å². The second-order valence-corrected chi connectivity index (χ2v) is 5.31. The highest BCUT2D eigenvalue weighted by Crippen LogP contribution is 2.30. The quantitative estimate of drug-likeness (QED) is 0.921. The van der Waals surface area contributed by atoms with Crippen LogP contribution in [0.15, 0.2) is 18.3 Å². The molecule has 0 unspecified atom stereocenters. The van der Waals surface area contributed by atoms with Crippen LogP contribution >= 0.6 is 0 Å². The molecule has 0 aliphatic carbocycles. The summed E-state index contributed by atoms with van der Waals surface area (Å²) in [6.07, 6.45) is -2.87. The number of aromatic nitrogens is 2.